The summed E-state index contributed by atoms with van der Waals surface area (Å²) in [6.45, 7) is 4.00. The summed E-state index contributed by atoms with van der Waals surface area (Å²) >= 11 is 0. The van der Waals surface area contributed by atoms with E-state index in [0.717, 1.165) is 22.4 Å². The van der Waals surface area contributed by atoms with Crippen LogP contribution in [0.3, 0.4) is 0 Å². The van der Waals surface area contributed by atoms with Gasteiger partial charge in [0.2, 0.25) is 5.91 Å². The summed E-state index contributed by atoms with van der Waals surface area (Å²) in [5.74, 6) is 2.35. The van der Waals surface area contributed by atoms with E-state index in [-0.39, 0.29) is 12.3 Å². The van der Waals surface area contributed by atoms with Crippen molar-refractivity contribution in [3.63, 3.8) is 0 Å². The number of amides is 1. The molecule has 146 valence electrons. The SMILES string of the molecule is COc1ccc(-c2cnc(CCC(=O)Nc3ccc(C)cc3C)o2)c(OC)c1. The molecule has 0 bridgehead atoms. The predicted molar refractivity (Wildman–Crippen MR) is 108 cm³/mol. The van der Waals surface area contributed by atoms with Crippen LogP contribution in [0.5, 0.6) is 11.5 Å². The summed E-state index contributed by atoms with van der Waals surface area (Å²) in [5.41, 5.74) is 3.81. The first-order valence-electron chi connectivity index (χ1n) is 9.04. The Morgan fingerprint density at radius 3 is 2.64 bits per heavy atom. The predicted octanol–water partition coefficient (Wildman–Crippen LogP) is 4.55. The van der Waals surface area contributed by atoms with E-state index in [9.17, 15) is 4.79 Å². The maximum Gasteiger partial charge on any atom is 0.224 e. The van der Waals surface area contributed by atoms with E-state index in [0.29, 0.717) is 29.6 Å². The number of carbonyl (C=O) groups excluding carboxylic acids is 1. The minimum atomic E-state index is -0.0752. The van der Waals surface area contributed by atoms with Gasteiger partial charge < -0.3 is 19.2 Å². The van der Waals surface area contributed by atoms with Crippen molar-refractivity contribution in [3.8, 4) is 22.8 Å². The van der Waals surface area contributed by atoms with E-state index in [4.69, 9.17) is 13.9 Å². The number of rotatable bonds is 7. The van der Waals surface area contributed by atoms with Crippen molar-refractivity contribution in [2.75, 3.05) is 19.5 Å². The molecule has 1 N–H and O–H groups in total. The highest BCUT2D eigenvalue weighted by molar-refractivity contribution is 5.91. The number of oxazole rings is 1. The van der Waals surface area contributed by atoms with E-state index in [1.807, 2.05) is 44.2 Å². The van der Waals surface area contributed by atoms with Crippen molar-refractivity contribution < 1.29 is 18.7 Å². The zero-order chi connectivity index (χ0) is 20.1. The van der Waals surface area contributed by atoms with Gasteiger partial charge in [-0.25, -0.2) is 4.98 Å². The summed E-state index contributed by atoms with van der Waals surface area (Å²) in [6.07, 6.45) is 2.34. The van der Waals surface area contributed by atoms with Gasteiger partial charge in [-0.2, -0.15) is 0 Å². The van der Waals surface area contributed by atoms with Crippen LogP contribution in [0.1, 0.15) is 23.4 Å². The van der Waals surface area contributed by atoms with Gasteiger partial charge in [0.05, 0.1) is 26.0 Å². The maximum absolute atomic E-state index is 12.3. The van der Waals surface area contributed by atoms with Gasteiger partial charge in [-0.15, -0.1) is 0 Å². The van der Waals surface area contributed by atoms with E-state index < -0.39 is 0 Å². The second kappa shape index (κ2) is 8.61. The highest BCUT2D eigenvalue weighted by Crippen LogP contribution is 2.33. The van der Waals surface area contributed by atoms with Crippen molar-refractivity contribution in [2.45, 2.75) is 26.7 Å². The standard InChI is InChI=1S/C22H24N2O4/c1-14-5-8-18(15(2)11-14)24-21(25)9-10-22-23-13-20(28-22)17-7-6-16(26-3)12-19(17)27-4/h5-8,11-13H,9-10H2,1-4H3,(H,24,25). The summed E-state index contributed by atoms with van der Waals surface area (Å²) in [4.78, 5) is 16.5. The molecule has 0 aliphatic heterocycles. The molecule has 1 amide bonds. The van der Waals surface area contributed by atoms with Gasteiger partial charge in [0, 0.05) is 24.6 Å². The Bertz CT molecular complexity index is 978. The average Bonchev–Trinajstić information content (AvgIpc) is 3.17. The van der Waals surface area contributed by atoms with Crippen LogP contribution in [-0.4, -0.2) is 25.1 Å². The lowest BCUT2D eigenvalue weighted by molar-refractivity contribution is -0.116. The Labute approximate surface area is 164 Å². The highest BCUT2D eigenvalue weighted by Gasteiger charge is 2.14. The fourth-order valence-electron chi connectivity index (χ4n) is 2.94. The molecular weight excluding hydrogens is 356 g/mol. The van der Waals surface area contributed by atoms with Gasteiger partial charge in [0.1, 0.15) is 11.5 Å². The number of hydrogen-bond donors (Lipinski definition) is 1. The highest BCUT2D eigenvalue weighted by atomic mass is 16.5. The van der Waals surface area contributed by atoms with Crippen LogP contribution in [0.15, 0.2) is 47.0 Å². The zero-order valence-electron chi connectivity index (χ0n) is 16.5. The Kier molecular flexibility index (Phi) is 5.99. The van der Waals surface area contributed by atoms with E-state index >= 15 is 0 Å². The maximum atomic E-state index is 12.3. The first kappa shape index (κ1) is 19.5. The Morgan fingerprint density at radius 2 is 1.93 bits per heavy atom. The molecule has 0 aliphatic rings. The second-order valence-electron chi connectivity index (χ2n) is 6.55. The van der Waals surface area contributed by atoms with Gasteiger partial charge in [0.15, 0.2) is 11.7 Å². The second-order valence-corrected chi connectivity index (χ2v) is 6.55. The number of nitrogens with zero attached hydrogens (tertiary/aromatic N) is 1. The van der Waals surface area contributed by atoms with E-state index in [2.05, 4.69) is 10.3 Å². The largest absolute Gasteiger partial charge is 0.497 e. The summed E-state index contributed by atoms with van der Waals surface area (Å²) in [6, 6.07) is 11.4. The Balaban J connectivity index is 1.64. The molecule has 6 nitrogen and oxygen atoms in total. The van der Waals surface area contributed by atoms with E-state index in [1.165, 1.54) is 0 Å². The van der Waals surface area contributed by atoms with Gasteiger partial charge in [-0.3, -0.25) is 4.79 Å². The number of anilines is 1. The van der Waals surface area contributed by atoms with Crippen LogP contribution < -0.4 is 14.8 Å². The number of methoxy groups -OCH3 is 2. The summed E-state index contributed by atoms with van der Waals surface area (Å²) in [5, 5.41) is 2.93. The smallest absolute Gasteiger partial charge is 0.224 e. The fourth-order valence-corrected chi connectivity index (χ4v) is 2.94. The van der Waals surface area contributed by atoms with Crippen molar-refractivity contribution in [2.24, 2.45) is 0 Å². The van der Waals surface area contributed by atoms with Crippen molar-refractivity contribution >= 4 is 11.6 Å². The number of ether oxygens (including phenoxy) is 2. The molecule has 0 aliphatic carbocycles. The molecule has 6 heteroatoms. The van der Waals surface area contributed by atoms with Gasteiger partial charge in [0.25, 0.3) is 0 Å². The molecule has 0 unspecified atom stereocenters. The lowest BCUT2D eigenvalue weighted by atomic mass is 10.1. The number of benzene rings is 2. The molecule has 0 saturated heterocycles. The molecule has 28 heavy (non-hydrogen) atoms. The van der Waals surface area contributed by atoms with Gasteiger partial charge in [-0.1, -0.05) is 17.7 Å². The minimum absolute atomic E-state index is 0.0752. The fraction of sp³-hybridized carbons (Fsp3) is 0.273. The monoisotopic (exact) mass is 380 g/mol. The molecule has 0 fully saturated rings. The lowest BCUT2D eigenvalue weighted by Crippen LogP contribution is -2.13. The molecule has 3 aromatic rings. The van der Waals surface area contributed by atoms with Crippen molar-refractivity contribution in [1.29, 1.82) is 0 Å². The molecule has 3 rings (SSSR count). The van der Waals surface area contributed by atoms with Crippen LogP contribution in [0, 0.1) is 13.8 Å². The zero-order valence-corrected chi connectivity index (χ0v) is 16.5. The lowest BCUT2D eigenvalue weighted by Gasteiger charge is -2.09. The number of nitrogens with one attached hydrogen (secondary N) is 1. The third-order valence-corrected chi connectivity index (χ3v) is 4.45. The summed E-state index contributed by atoms with van der Waals surface area (Å²) in [7, 11) is 3.19. The molecule has 0 atom stereocenters. The average molecular weight is 380 g/mol. The van der Waals surface area contributed by atoms with E-state index in [1.54, 1.807) is 26.5 Å². The molecule has 1 heterocycles. The third-order valence-electron chi connectivity index (χ3n) is 4.45. The third kappa shape index (κ3) is 4.52. The minimum Gasteiger partial charge on any atom is -0.497 e. The normalized spacial score (nSPS) is 10.6. The number of aryl methyl sites for hydroxylation is 3. The molecule has 1 aromatic heterocycles. The molecule has 0 saturated carbocycles. The number of aromatic nitrogens is 1. The van der Waals surface area contributed by atoms with Gasteiger partial charge in [-0.05, 0) is 37.6 Å². The van der Waals surface area contributed by atoms with Crippen LogP contribution in [0.25, 0.3) is 11.3 Å². The quantitative estimate of drug-likeness (QED) is 0.651. The first-order chi connectivity index (χ1) is 13.5. The molecule has 0 radical (unpaired) electrons. The first-order valence-corrected chi connectivity index (χ1v) is 9.04. The van der Waals surface area contributed by atoms with Crippen LogP contribution in [0.4, 0.5) is 5.69 Å². The molecule has 2 aromatic carbocycles. The molecule has 0 spiro atoms. The number of hydrogen-bond acceptors (Lipinski definition) is 5. The van der Waals surface area contributed by atoms with Crippen LogP contribution in [-0.2, 0) is 11.2 Å². The number of carbonyl (C=O) groups is 1. The Hall–Kier alpha value is -3.28. The topological polar surface area (TPSA) is 73.6 Å². The van der Waals surface area contributed by atoms with Crippen molar-refractivity contribution in [3.05, 3.63) is 59.6 Å². The van der Waals surface area contributed by atoms with Crippen LogP contribution >= 0.6 is 0 Å². The molecular formula is C22H24N2O4. The van der Waals surface area contributed by atoms with Crippen LogP contribution in [0.2, 0.25) is 0 Å². The Morgan fingerprint density at radius 1 is 1.11 bits per heavy atom. The van der Waals surface area contributed by atoms with Gasteiger partial charge >= 0.3 is 0 Å². The van der Waals surface area contributed by atoms with Crippen molar-refractivity contribution in [1.82, 2.24) is 4.98 Å². The summed E-state index contributed by atoms with van der Waals surface area (Å²) < 4.78 is 16.4.